The van der Waals surface area contributed by atoms with Gasteiger partial charge in [-0.05, 0) is 17.8 Å². The van der Waals surface area contributed by atoms with Crippen molar-refractivity contribution >= 4 is 7.85 Å². The van der Waals surface area contributed by atoms with E-state index in [0.717, 1.165) is 5.92 Å². The van der Waals surface area contributed by atoms with Crippen LogP contribution in [0.5, 0.6) is 0 Å². The van der Waals surface area contributed by atoms with Crippen LogP contribution in [0.25, 0.3) is 0 Å². The molecule has 0 aromatic carbocycles. The monoisotopic (exact) mass is 220 g/mol. The molecule has 0 nitrogen and oxygen atoms in total. The molecule has 0 heterocycles. The zero-order chi connectivity index (χ0) is 12.2. The second-order valence-electron chi connectivity index (χ2n) is 7.23. The first-order valence-electron chi connectivity index (χ1n) is 7.10. The predicted octanol–water partition coefficient (Wildman–Crippen LogP) is 5.13. The van der Waals surface area contributed by atoms with Gasteiger partial charge < -0.3 is 0 Å². The molecule has 0 aromatic heterocycles. The highest BCUT2D eigenvalue weighted by molar-refractivity contribution is 6.14. The largest absolute Gasteiger partial charge is 0.0742 e. The Morgan fingerprint density at radius 1 is 1.00 bits per heavy atom. The summed E-state index contributed by atoms with van der Waals surface area (Å²) in [6.45, 7) is 9.38. The molecule has 0 aromatic rings. The number of hydrogen-bond donors (Lipinski definition) is 0. The highest BCUT2D eigenvalue weighted by Gasteiger charge is 2.30. The third-order valence-electron chi connectivity index (χ3n) is 4.24. The summed E-state index contributed by atoms with van der Waals surface area (Å²) in [6, 6.07) is 0. The molecule has 1 heteroatoms. The minimum absolute atomic E-state index is 0.0648. The van der Waals surface area contributed by atoms with Gasteiger partial charge >= 0.3 is 0 Å². The van der Waals surface area contributed by atoms with E-state index in [0.29, 0.717) is 5.41 Å². The minimum atomic E-state index is 0.0648. The van der Waals surface area contributed by atoms with Crippen LogP contribution in [-0.2, 0) is 0 Å². The van der Waals surface area contributed by atoms with Gasteiger partial charge in [0, 0.05) is 0 Å². The lowest BCUT2D eigenvalue weighted by Crippen LogP contribution is -2.26. The molecule has 2 atom stereocenters. The maximum absolute atomic E-state index is 6.45. The molecule has 0 bridgehead atoms. The third kappa shape index (κ3) is 4.93. The Labute approximate surface area is 104 Å². The summed E-state index contributed by atoms with van der Waals surface area (Å²) in [7, 11) is 6.45. The molecule has 16 heavy (non-hydrogen) atoms. The van der Waals surface area contributed by atoms with Gasteiger partial charge in [-0.25, -0.2) is 0 Å². The van der Waals surface area contributed by atoms with E-state index in [4.69, 9.17) is 7.85 Å². The van der Waals surface area contributed by atoms with Crippen LogP contribution in [0.3, 0.4) is 0 Å². The molecule has 92 valence electrons. The van der Waals surface area contributed by atoms with Gasteiger partial charge in [-0.15, -0.1) is 0 Å². The van der Waals surface area contributed by atoms with Crippen molar-refractivity contribution in [3.63, 3.8) is 0 Å². The first-order valence-corrected chi connectivity index (χ1v) is 7.10. The second kappa shape index (κ2) is 5.60. The SMILES string of the molecule is [B]C1(C)CCCCCCCC(C(C)(C)C)C1. The van der Waals surface area contributed by atoms with Crippen LogP contribution in [0.15, 0.2) is 0 Å². The lowest BCUT2D eigenvalue weighted by atomic mass is 9.58. The van der Waals surface area contributed by atoms with Gasteiger partial charge in [0.25, 0.3) is 0 Å². The van der Waals surface area contributed by atoms with E-state index in [9.17, 15) is 0 Å². The van der Waals surface area contributed by atoms with Gasteiger partial charge in [0.05, 0.1) is 7.85 Å². The van der Waals surface area contributed by atoms with Crippen molar-refractivity contribution in [2.75, 3.05) is 0 Å². The van der Waals surface area contributed by atoms with Gasteiger partial charge in [0.15, 0.2) is 0 Å². The molecule has 0 amide bonds. The van der Waals surface area contributed by atoms with Crippen molar-refractivity contribution in [3.05, 3.63) is 0 Å². The number of rotatable bonds is 0. The van der Waals surface area contributed by atoms with Crippen LogP contribution in [0.4, 0.5) is 0 Å². The van der Waals surface area contributed by atoms with Crippen molar-refractivity contribution < 1.29 is 0 Å². The summed E-state index contributed by atoms with van der Waals surface area (Å²) in [5, 5.41) is 0.0648. The lowest BCUT2D eigenvalue weighted by molar-refractivity contribution is 0.180. The van der Waals surface area contributed by atoms with Gasteiger partial charge in [0.2, 0.25) is 0 Å². The standard InChI is InChI=1S/C15H29B/c1-14(2,3)13-10-8-6-5-7-9-11-15(4,16)12-13/h13H,5-12H2,1-4H3. The molecule has 0 N–H and O–H groups in total. The fraction of sp³-hybridized carbons (Fsp3) is 1.00. The Hall–Kier alpha value is 0.0649. The van der Waals surface area contributed by atoms with E-state index >= 15 is 0 Å². The molecule has 1 aliphatic rings. The van der Waals surface area contributed by atoms with Gasteiger partial charge in [-0.1, -0.05) is 78.0 Å². The summed E-state index contributed by atoms with van der Waals surface area (Å²) < 4.78 is 0. The average Bonchev–Trinajstić information content (AvgIpc) is 2.13. The predicted molar refractivity (Wildman–Crippen MR) is 74.0 cm³/mol. The molecule has 0 spiro atoms. The van der Waals surface area contributed by atoms with E-state index in [-0.39, 0.29) is 5.31 Å². The highest BCUT2D eigenvalue weighted by atomic mass is 14.3. The molecule has 2 unspecified atom stereocenters. The van der Waals surface area contributed by atoms with E-state index in [1.165, 1.54) is 51.4 Å². The van der Waals surface area contributed by atoms with Crippen LogP contribution in [0.2, 0.25) is 5.31 Å². The van der Waals surface area contributed by atoms with Crippen molar-refractivity contribution in [1.82, 2.24) is 0 Å². The van der Waals surface area contributed by atoms with Crippen LogP contribution in [0.1, 0.15) is 79.1 Å². The maximum atomic E-state index is 6.45. The molecule has 1 fully saturated rings. The quantitative estimate of drug-likeness (QED) is 0.496. The normalized spacial score (nSPS) is 34.6. The zero-order valence-corrected chi connectivity index (χ0v) is 11.8. The van der Waals surface area contributed by atoms with E-state index in [1.807, 2.05) is 0 Å². The van der Waals surface area contributed by atoms with Crippen LogP contribution in [-0.4, -0.2) is 7.85 Å². The Balaban J connectivity index is 2.65. The Morgan fingerprint density at radius 2 is 1.56 bits per heavy atom. The van der Waals surface area contributed by atoms with Crippen LogP contribution in [0, 0.1) is 11.3 Å². The van der Waals surface area contributed by atoms with E-state index < -0.39 is 0 Å². The smallest absolute Gasteiger partial charge is 0.0686 e. The fourth-order valence-electron chi connectivity index (χ4n) is 2.96. The molecule has 1 aliphatic carbocycles. The fourth-order valence-corrected chi connectivity index (χ4v) is 2.96. The minimum Gasteiger partial charge on any atom is -0.0686 e. The molecule has 2 radical (unpaired) electrons. The van der Waals surface area contributed by atoms with Gasteiger partial charge in [-0.3, -0.25) is 0 Å². The first kappa shape index (κ1) is 14.1. The topological polar surface area (TPSA) is 0 Å². The molecular formula is C15H29B. The van der Waals surface area contributed by atoms with E-state index in [1.54, 1.807) is 0 Å². The first-order chi connectivity index (χ1) is 7.31. The molecule has 1 saturated carbocycles. The van der Waals surface area contributed by atoms with Gasteiger partial charge in [0.1, 0.15) is 0 Å². The van der Waals surface area contributed by atoms with Crippen molar-refractivity contribution in [2.24, 2.45) is 11.3 Å². The average molecular weight is 220 g/mol. The maximum Gasteiger partial charge on any atom is 0.0742 e. The summed E-state index contributed by atoms with van der Waals surface area (Å²) in [4.78, 5) is 0. The summed E-state index contributed by atoms with van der Waals surface area (Å²) in [6.07, 6.45) is 10.7. The Bertz CT molecular complexity index is 200. The highest BCUT2D eigenvalue weighted by Crippen LogP contribution is 2.44. The van der Waals surface area contributed by atoms with Gasteiger partial charge in [-0.2, -0.15) is 0 Å². The third-order valence-corrected chi connectivity index (χ3v) is 4.24. The number of hydrogen-bond acceptors (Lipinski definition) is 0. The van der Waals surface area contributed by atoms with E-state index in [2.05, 4.69) is 27.7 Å². The Kier molecular flexibility index (Phi) is 4.95. The molecular weight excluding hydrogens is 191 g/mol. The van der Waals surface area contributed by atoms with Crippen LogP contribution < -0.4 is 0 Å². The molecule has 1 rings (SSSR count). The van der Waals surface area contributed by atoms with Crippen molar-refractivity contribution in [2.45, 2.75) is 84.4 Å². The summed E-state index contributed by atoms with van der Waals surface area (Å²) in [5.41, 5.74) is 0.416. The lowest BCUT2D eigenvalue weighted by Gasteiger charge is -2.38. The van der Waals surface area contributed by atoms with Crippen LogP contribution >= 0.6 is 0 Å². The zero-order valence-electron chi connectivity index (χ0n) is 11.8. The Morgan fingerprint density at radius 3 is 2.19 bits per heavy atom. The second-order valence-corrected chi connectivity index (χ2v) is 7.23. The summed E-state index contributed by atoms with van der Waals surface area (Å²) >= 11 is 0. The molecule has 0 aliphatic heterocycles. The summed E-state index contributed by atoms with van der Waals surface area (Å²) in [5.74, 6) is 0.792. The molecule has 0 saturated heterocycles. The van der Waals surface area contributed by atoms with Crippen molar-refractivity contribution in [3.8, 4) is 0 Å². The van der Waals surface area contributed by atoms with Crippen molar-refractivity contribution in [1.29, 1.82) is 0 Å².